The third-order valence-corrected chi connectivity index (χ3v) is 1.55. The molecule has 2 amide bonds. The number of carbonyl (C=O) groups is 2. The van der Waals surface area contributed by atoms with E-state index < -0.39 is 25.0 Å². The smallest absolute Gasteiger partial charge is 0.426 e. The summed E-state index contributed by atoms with van der Waals surface area (Å²) in [6.07, 6.45) is -0.518. The van der Waals surface area contributed by atoms with Crippen molar-refractivity contribution in [3.05, 3.63) is 0 Å². The molecule has 0 aromatic rings. The minimum absolute atomic E-state index is 0.259. The Morgan fingerprint density at radius 2 is 2.00 bits per heavy atom. The van der Waals surface area contributed by atoms with Crippen molar-refractivity contribution in [2.45, 2.75) is 12.5 Å². The number of hydrogen-bond acceptors (Lipinski definition) is 5. The topological polar surface area (TPSA) is 130 Å². The quantitative estimate of drug-likeness (QED) is 0.347. The number of nitrogens with two attached hydrogens (primary N) is 2. The largest absolute Gasteiger partial charge is 0.472 e. The zero-order valence-corrected chi connectivity index (χ0v) is 7.88. The highest BCUT2D eigenvalue weighted by molar-refractivity contribution is 6.41. The average molecular weight is 203 g/mol. The molecule has 14 heavy (non-hydrogen) atoms. The lowest BCUT2D eigenvalue weighted by molar-refractivity contribution is -0.133. The van der Waals surface area contributed by atoms with Gasteiger partial charge in [0.1, 0.15) is 0 Å². The van der Waals surface area contributed by atoms with Crippen LogP contribution in [0.5, 0.6) is 0 Å². The maximum atomic E-state index is 11.3. The summed E-state index contributed by atoms with van der Waals surface area (Å²) in [5.74, 6) is -1.24. The van der Waals surface area contributed by atoms with Gasteiger partial charge in [-0.3, -0.25) is 9.59 Å². The van der Waals surface area contributed by atoms with Crippen molar-refractivity contribution in [3.8, 4) is 0 Å². The second kappa shape index (κ2) is 5.58. The van der Waals surface area contributed by atoms with Crippen molar-refractivity contribution < 1.29 is 19.6 Å². The fourth-order valence-corrected chi connectivity index (χ4v) is 0.922. The molecule has 0 spiro atoms. The average Bonchev–Trinajstić information content (AvgIpc) is 2.00. The summed E-state index contributed by atoms with van der Waals surface area (Å²) in [6.45, 7) is 0. The van der Waals surface area contributed by atoms with E-state index >= 15 is 0 Å². The third kappa shape index (κ3) is 4.80. The molecule has 0 heterocycles. The van der Waals surface area contributed by atoms with E-state index in [2.05, 4.69) is 0 Å². The maximum Gasteiger partial charge on any atom is 0.472 e. The molecule has 0 saturated heterocycles. The summed E-state index contributed by atoms with van der Waals surface area (Å²) in [6, 6.07) is -1.03. The van der Waals surface area contributed by atoms with Crippen LogP contribution in [0.25, 0.3) is 0 Å². The summed E-state index contributed by atoms with van der Waals surface area (Å²) in [4.78, 5) is 22.7. The van der Waals surface area contributed by atoms with Gasteiger partial charge in [0.15, 0.2) is 0 Å². The van der Waals surface area contributed by atoms with Crippen LogP contribution >= 0.6 is 0 Å². The molecule has 0 rings (SSSR count). The van der Waals surface area contributed by atoms with Gasteiger partial charge in [-0.1, -0.05) is 0 Å². The minimum atomic E-state index is -1.62. The van der Waals surface area contributed by atoms with Gasteiger partial charge in [-0.25, -0.2) is 0 Å². The van der Waals surface area contributed by atoms with Gasteiger partial charge in [0.25, 0.3) is 0 Å². The predicted octanol–water partition coefficient (Wildman–Crippen LogP) is -3.34. The first-order chi connectivity index (χ1) is 6.34. The second-order valence-electron chi connectivity index (χ2n) is 2.98. The number of carbonyl (C=O) groups excluding carboxylic acids is 2. The first kappa shape index (κ1) is 12.9. The molecule has 0 unspecified atom stereocenters. The van der Waals surface area contributed by atoms with E-state index in [0.29, 0.717) is 0 Å². The van der Waals surface area contributed by atoms with Crippen molar-refractivity contribution in [2.75, 3.05) is 13.5 Å². The first-order valence-corrected chi connectivity index (χ1v) is 3.99. The Labute approximate surface area is 81.8 Å². The number of amides is 2. The molecular weight excluding hydrogens is 189 g/mol. The molecule has 8 heteroatoms. The number of primary amides is 1. The molecule has 0 bridgehead atoms. The van der Waals surface area contributed by atoms with Gasteiger partial charge in [-0.05, 0) is 0 Å². The molecule has 6 N–H and O–H groups in total. The Kier molecular flexibility index (Phi) is 5.14. The van der Waals surface area contributed by atoms with Crippen molar-refractivity contribution in [1.82, 2.24) is 4.90 Å². The summed E-state index contributed by atoms with van der Waals surface area (Å²) < 4.78 is 0. The van der Waals surface area contributed by atoms with Gasteiger partial charge in [0, 0.05) is 7.05 Å². The van der Waals surface area contributed by atoms with Crippen LogP contribution in [0, 0.1) is 0 Å². The lowest BCUT2D eigenvalue weighted by Crippen LogP contribution is -2.47. The van der Waals surface area contributed by atoms with Crippen LogP contribution in [0.15, 0.2) is 0 Å². The van der Waals surface area contributed by atoms with Crippen LogP contribution < -0.4 is 11.5 Å². The number of hydrogen-bond donors (Lipinski definition) is 4. The number of nitrogens with zero attached hydrogens (tertiary/aromatic N) is 1. The van der Waals surface area contributed by atoms with E-state index in [0.717, 1.165) is 4.90 Å². The predicted molar refractivity (Wildman–Crippen MR) is 49.6 cm³/mol. The molecule has 0 aromatic heterocycles. The van der Waals surface area contributed by atoms with Gasteiger partial charge in [0.05, 0.1) is 18.9 Å². The monoisotopic (exact) mass is 203 g/mol. The SMILES string of the molecule is CN(CB(O)O)C(=O)[C@@H](N)CC(N)=O. The summed E-state index contributed by atoms with van der Waals surface area (Å²) in [7, 11) is -0.271. The summed E-state index contributed by atoms with van der Waals surface area (Å²) in [5.41, 5.74) is 10.2. The fourth-order valence-electron chi connectivity index (χ4n) is 0.922. The van der Waals surface area contributed by atoms with E-state index in [4.69, 9.17) is 21.5 Å². The third-order valence-electron chi connectivity index (χ3n) is 1.55. The number of rotatable bonds is 5. The van der Waals surface area contributed by atoms with Crippen LogP contribution in [0.2, 0.25) is 0 Å². The highest BCUT2D eigenvalue weighted by Crippen LogP contribution is 1.94. The van der Waals surface area contributed by atoms with Crippen molar-refractivity contribution in [3.63, 3.8) is 0 Å². The van der Waals surface area contributed by atoms with Gasteiger partial charge in [0.2, 0.25) is 11.8 Å². The molecule has 1 atom stereocenters. The van der Waals surface area contributed by atoms with Crippen LogP contribution in [0.4, 0.5) is 0 Å². The zero-order valence-electron chi connectivity index (χ0n) is 7.88. The lowest BCUT2D eigenvalue weighted by Gasteiger charge is -2.19. The molecular formula is C6H14BN3O4. The molecule has 0 aliphatic heterocycles. The Morgan fingerprint density at radius 1 is 1.50 bits per heavy atom. The maximum absolute atomic E-state index is 11.3. The van der Waals surface area contributed by atoms with Gasteiger partial charge < -0.3 is 26.4 Å². The van der Waals surface area contributed by atoms with Gasteiger partial charge in [-0.2, -0.15) is 0 Å². The van der Waals surface area contributed by atoms with Crippen molar-refractivity contribution in [2.24, 2.45) is 11.5 Å². The Bertz CT molecular complexity index is 223. The van der Waals surface area contributed by atoms with E-state index in [9.17, 15) is 9.59 Å². The van der Waals surface area contributed by atoms with Gasteiger partial charge >= 0.3 is 7.12 Å². The number of likely N-dealkylation sites (N-methyl/N-ethyl adjacent to an activating group) is 1. The van der Waals surface area contributed by atoms with Crippen LogP contribution in [-0.4, -0.2) is 53.4 Å². The Hall–Kier alpha value is -1.12. The minimum Gasteiger partial charge on any atom is -0.426 e. The molecule has 0 radical (unpaired) electrons. The molecule has 0 aliphatic rings. The van der Waals surface area contributed by atoms with Crippen LogP contribution in [0.3, 0.4) is 0 Å². The van der Waals surface area contributed by atoms with Crippen LogP contribution in [-0.2, 0) is 9.59 Å². The molecule has 80 valence electrons. The molecule has 0 aliphatic carbocycles. The van der Waals surface area contributed by atoms with E-state index in [1.54, 1.807) is 0 Å². The first-order valence-electron chi connectivity index (χ1n) is 3.99. The Balaban J connectivity index is 4.10. The van der Waals surface area contributed by atoms with E-state index in [1.807, 2.05) is 0 Å². The summed E-state index contributed by atoms with van der Waals surface area (Å²) >= 11 is 0. The summed E-state index contributed by atoms with van der Waals surface area (Å²) in [5, 5.41) is 17.1. The second-order valence-corrected chi connectivity index (χ2v) is 2.98. The van der Waals surface area contributed by atoms with E-state index in [-0.39, 0.29) is 12.9 Å². The zero-order chi connectivity index (χ0) is 11.3. The molecule has 7 nitrogen and oxygen atoms in total. The van der Waals surface area contributed by atoms with Crippen molar-refractivity contribution >= 4 is 18.9 Å². The van der Waals surface area contributed by atoms with Crippen LogP contribution in [0.1, 0.15) is 6.42 Å². The lowest BCUT2D eigenvalue weighted by atomic mass is 9.91. The molecule has 0 fully saturated rings. The molecule has 0 aromatic carbocycles. The standard InChI is InChI=1S/C6H14BN3O4/c1-10(3-7(13)14)6(12)4(8)2-5(9)11/h4,13-14H,2-3,8H2,1H3,(H2,9,11)/t4-/m0/s1. The molecule has 0 saturated carbocycles. The van der Waals surface area contributed by atoms with E-state index in [1.165, 1.54) is 7.05 Å². The highest BCUT2D eigenvalue weighted by Gasteiger charge is 2.22. The fraction of sp³-hybridized carbons (Fsp3) is 0.667. The highest BCUT2D eigenvalue weighted by atomic mass is 16.4. The van der Waals surface area contributed by atoms with Crippen molar-refractivity contribution in [1.29, 1.82) is 0 Å². The Morgan fingerprint density at radius 3 is 2.36 bits per heavy atom. The van der Waals surface area contributed by atoms with Gasteiger partial charge in [-0.15, -0.1) is 0 Å². The normalized spacial score (nSPS) is 12.0.